The van der Waals surface area contributed by atoms with Crippen LogP contribution in [0.15, 0.2) is 24.3 Å². The van der Waals surface area contributed by atoms with Gasteiger partial charge in [0.05, 0.1) is 17.7 Å². The van der Waals surface area contributed by atoms with Gasteiger partial charge in [0.15, 0.2) is 0 Å². The molecule has 1 aromatic rings. The molecule has 0 saturated heterocycles. The smallest absolute Gasteiger partial charge is 0.120 e. The average molecular weight is 272 g/mol. The molecule has 0 fully saturated rings. The van der Waals surface area contributed by atoms with E-state index in [4.69, 9.17) is 16.4 Å². The van der Waals surface area contributed by atoms with Crippen LogP contribution in [0.25, 0.3) is 0 Å². The van der Waals surface area contributed by atoms with Crippen LogP contribution in [0, 0.1) is 23.7 Å². The highest BCUT2D eigenvalue weighted by Crippen LogP contribution is 2.12. The molecule has 0 aliphatic carbocycles. The lowest BCUT2D eigenvalue weighted by atomic mass is 10.2. The minimum absolute atomic E-state index is 0.0171. The Hall–Kier alpha value is -2.01. The van der Waals surface area contributed by atoms with Crippen molar-refractivity contribution in [2.75, 3.05) is 13.2 Å². The number of nitrogens with one attached hydrogen (secondary N) is 1. The lowest BCUT2D eigenvalue weighted by Crippen LogP contribution is -2.37. The third kappa shape index (κ3) is 5.75. The standard InChI is InChI=1S/C16H20N2O2/c1-3-6-14(4-2)18-11-15(19)12-20-16-8-5-7-13(9-16)10-17/h2,5,7-9,14-15,18-19H,3,6,11-12H2,1H3. The molecule has 20 heavy (non-hydrogen) atoms. The fraction of sp³-hybridized carbons (Fsp3) is 0.438. The van der Waals surface area contributed by atoms with Crippen LogP contribution >= 0.6 is 0 Å². The zero-order chi connectivity index (χ0) is 14.8. The Balaban J connectivity index is 2.34. The number of benzene rings is 1. The van der Waals surface area contributed by atoms with Gasteiger partial charge in [-0.25, -0.2) is 0 Å². The van der Waals surface area contributed by atoms with E-state index in [1.54, 1.807) is 24.3 Å². The fourth-order valence-electron chi connectivity index (χ4n) is 1.72. The van der Waals surface area contributed by atoms with E-state index in [0.29, 0.717) is 17.9 Å². The number of aliphatic hydroxyl groups is 1. The summed E-state index contributed by atoms with van der Waals surface area (Å²) < 4.78 is 5.44. The van der Waals surface area contributed by atoms with Crippen molar-refractivity contribution in [1.82, 2.24) is 5.32 Å². The highest BCUT2D eigenvalue weighted by atomic mass is 16.5. The second-order valence-corrected chi connectivity index (χ2v) is 4.52. The molecular weight excluding hydrogens is 252 g/mol. The summed E-state index contributed by atoms with van der Waals surface area (Å²) in [7, 11) is 0. The molecule has 1 rings (SSSR count). The van der Waals surface area contributed by atoms with Gasteiger partial charge in [0.2, 0.25) is 0 Å². The van der Waals surface area contributed by atoms with Crippen molar-refractivity contribution < 1.29 is 9.84 Å². The van der Waals surface area contributed by atoms with Gasteiger partial charge in [0, 0.05) is 6.54 Å². The first-order chi connectivity index (χ1) is 9.69. The molecule has 0 spiro atoms. The Morgan fingerprint density at radius 1 is 1.50 bits per heavy atom. The van der Waals surface area contributed by atoms with Crippen LogP contribution in [0.3, 0.4) is 0 Å². The Labute approximate surface area is 120 Å². The normalized spacial score (nSPS) is 13.0. The first kappa shape index (κ1) is 16.0. The summed E-state index contributed by atoms with van der Waals surface area (Å²) in [5.41, 5.74) is 0.533. The molecule has 0 amide bonds. The lowest BCUT2D eigenvalue weighted by Gasteiger charge is -2.16. The molecule has 0 heterocycles. The van der Waals surface area contributed by atoms with E-state index in [1.807, 2.05) is 6.07 Å². The van der Waals surface area contributed by atoms with Gasteiger partial charge in [-0.2, -0.15) is 5.26 Å². The number of nitriles is 1. The molecule has 4 heteroatoms. The second kappa shape index (κ2) is 8.98. The van der Waals surface area contributed by atoms with E-state index in [9.17, 15) is 5.11 Å². The summed E-state index contributed by atoms with van der Waals surface area (Å²) in [6.07, 6.45) is 6.62. The summed E-state index contributed by atoms with van der Waals surface area (Å²) >= 11 is 0. The molecule has 0 radical (unpaired) electrons. The SMILES string of the molecule is C#CC(CCC)NCC(O)COc1cccc(C#N)c1. The van der Waals surface area contributed by atoms with Crippen molar-refractivity contribution in [2.24, 2.45) is 0 Å². The minimum Gasteiger partial charge on any atom is -0.491 e. The molecule has 0 bridgehead atoms. The van der Waals surface area contributed by atoms with Crippen LogP contribution in [-0.2, 0) is 0 Å². The monoisotopic (exact) mass is 272 g/mol. The zero-order valence-corrected chi connectivity index (χ0v) is 11.7. The van der Waals surface area contributed by atoms with Gasteiger partial charge in [0.25, 0.3) is 0 Å². The van der Waals surface area contributed by atoms with Crippen molar-refractivity contribution >= 4 is 0 Å². The van der Waals surface area contributed by atoms with E-state index >= 15 is 0 Å². The van der Waals surface area contributed by atoms with Crippen molar-refractivity contribution in [3.8, 4) is 24.2 Å². The lowest BCUT2D eigenvalue weighted by molar-refractivity contribution is 0.105. The van der Waals surface area contributed by atoms with E-state index < -0.39 is 6.10 Å². The van der Waals surface area contributed by atoms with Crippen LogP contribution < -0.4 is 10.1 Å². The molecule has 2 N–H and O–H groups in total. The van der Waals surface area contributed by atoms with Crippen molar-refractivity contribution in [2.45, 2.75) is 31.9 Å². The maximum absolute atomic E-state index is 9.83. The predicted molar refractivity (Wildman–Crippen MR) is 78.2 cm³/mol. The van der Waals surface area contributed by atoms with E-state index in [2.05, 4.69) is 18.2 Å². The first-order valence-corrected chi connectivity index (χ1v) is 6.70. The van der Waals surface area contributed by atoms with Crippen LogP contribution in [0.2, 0.25) is 0 Å². The van der Waals surface area contributed by atoms with Crippen molar-refractivity contribution in [3.05, 3.63) is 29.8 Å². The number of rotatable bonds is 8. The number of ether oxygens (including phenoxy) is 1. The molecule has 0 saturated carbocycles. The Bertz CT molecular complexity index is 488. The summed E-state index contributed by atoms with van der Waals surface area (Å²) in [5.74, 6) is 3.22. The van der Waals surface area contributed by atoms with Gasteiger partial charge < -0.3 is 15.2 Å². The molecule has 0 aromatic heterocycles. The van der Waals surface area contributed by atoms with Gasteiger partial charge in [-0.3, -0.25) is 0 Å². The van der Waals surface area contributed by atoms with Gasteiger partial charge in [0.1, 0.15) is 18.5 Å². The third-order valence-corrected chi connectivity index (χ3v) is 2.78. The number of hydrogen-bond acceptors (Lipinski definition) is 4. The minimum atomic E-state index is -0.645. The molecule has 4 nitrogen and oxygen atoms in total. The Kier molecular flexibility index (Phi) is 7.21. The average Bonchev–Trinajstić information content (AvgIpc) is 2.49. The molecule has 2 unspecified atom stereocenters. The van der Waals surface area contributed by atoms with E-state index in [0.717, 1.165) is 12.8 Å². The molecular formula is C16H20N2O2. The van der Waals surface area contributed by atoms with E-state index in [1.165, 1.54) is 0 Å². The van der Waals surface area contributed by atoms with Crippen molar-refractivity contribution in [1.29, 1.82) is 5.26 Å². The van der Waals surface area contributed by atoms with Crippen molar-refractivity contribution in [3.63, 3.8) is 0 Å². The van der Waals surface area contributed by atoms with Crippen LogP contribution in [0.5, 0.6) is 5.75 Å². The molecule has 1 aromatic carbocycles. The van der Waals surface area contributed by atoms with Gasteiger partial charge >= 0.3 is 0 Å². The second-order valence-electron chi connectivity index (χ2n) is 4.52. The van der Waals surface area contributed by atoms with Gasteiger partial charge in [-0.15, -0.1) is 6.42 Å². The number of hydrogen-bond donors (Lipinski definition) is 2. The Morgan fingerprint density at radius 2 is 2.30 bits per heavy atom. The maximum Gasteiger partial charge on any atom is 0.120 e. The molecule has 0 aliphatic heterocycles. The topological polar surface area (TPSA) is 65.3 Å². The zero-order valence-electron chi connectivity index (χ0n) is 11.7. The fourth-order valence-corrected chi connectivity index (χ4v) is 1.72. The quantitative estimate of drug-likeness (QED) is 0.707. The number of terminal acetylenes is 1. The third-order valence-electron chi connectivity index (χ3n) is 2.78. The summed E-state index contributed by atoms with van der Waals surface area (Å²) in [4.78, 5) is 0. The van der Waals surface area contributed by atoms with Gasteiger partial charge in [-0.05, 0) is 24.6 Å². The number of aliphatic hydroxyl groups excluding tert-OH is 1. The van der Waals surface area contributed by atoms with Crippen LogP contribution in [-0.4, -0.2) is 30.4 Å². The highest BCUT2D eigenvalue weighted by molar-refractivity contribution is 5.36. The highest BCUT2D eigenvalue weighted by Gasteiger charge is 2.09. The molecule has 0 aliphatic rings. The van der Waals surface area contributed by atoms with Crippen LogP contribution in [0.4, 0.5) is 0 Å². The van der Waals surface area contributed by atoms with Crippen LogP contribution in [0.1, 0.15) is 25.3 Å². The largest absolute Gasteiger partial charge is 0.491 e. The molecule has 2 atom stereocenters. The molecule has 106 valence electrons. The van der Waals surface area contributed by atoms with E-state index in [-0.39, 0.29) is 12.6 Å². The summed E-state index contributed by atoms with van der Waals surface area (Å²) in [6, 6.07) is 8.86. The summed E-state index contributed by atoms with van der Waals surface area (Å²) in [6.45, 7) is 2.60. The first-order valence-electron chi connectivity index (χ1n) is 6.70. The Morgan fingerprint density at radius 3 is 2.95 bits per heavy atom. The van der Waals surface area contributed by atoms with Gasteiger partial charge in [-0.1, -0.05) is 25.3 Å². The summed E-state index contributed by atoms with van der Waals surface area (Å²) in [5, 5.41) is 21.7. The predicted octanol–water partition coefficient (Wildman–Crippen LogP) is 1.69. The number of nitrogens with zero attached hydrogens (tertiary/aromatic N) is 1. The maximum atomic E-state index is 9.83.